The first-order chi connectivity index (χ1) is 16.5. The van der Waals surface area contributed by atoms with Crippen molar-refractivity contribution in [3.63, 3.8) is 0 Å². The van der Waals surface area contributed by atoms with E-state index in [1.165, 1.54) is 17.7 Å². The number of fused-ring (bicyclic) bond motifs is 2. The Kier molecular flexibility index (Phi) is 6.28. The molecule has 2 heterocycles. The first-order valence-electron chi connectivity index (χ1n) is 10.3. The number of aromatic nitrogens is 1. The molecule has 0 unspecified atom stereocenters. The monoisotopic (exact) mass is 513 g/mol. The summed E-state index contributed by atoms with van der Waals surface area (Å²) in [7, 11) is 0. The number of carboxylic acid groups (broad SMARTS) is 1. The van der Waals surface area contributed by atoms with Crippen LogP contribution in [0.4, 0.5) is 11.5 Å². The molecule has 0 bridgehead atoms. The molecule has 0 saturated heterocycles. The molecule has 3 aromatic carbocycles. The van der Waals surface area contributed by atoms with Gasteiger partial charge >= 0.3 is 5.97 Å². The fraction of sp³-hybridized carbons (Fsp3) is 0.125. The second-order valence-corrected chi connectivity index (χ2v) is 9.01. The van der Waals surface area contributed by atoms with Crippen LogP contribution in [0.1, 0.15) is 5.56 Å². The number of carbonyl (C=O) groups is 1. The van der Waals surface area contributed by atoms with Gasteiger partial charge in [-0.25, -0.2) is 0 Å². The lowest BCUT2D eigenvalue weighted by Crippen LogP contribution is -2.15. The van der Waals surface area contributed by atoms with Gasteiger partial charge in [0.1, 0.15) is 19.8 Å². The lowest BCUT2D eigenvalue weighted by atomic mass is 10.0. The predicted octanol–water partition coefficient (Wildman–Crippen LogP) is 6.29. The van der Waals surface area contributed by atoms with E-state index in [-0.39, 0.29) is 6.54 Å². The summed E-state index contributed by atoms with van der Waals surface area (Å²) < 4.78 is 16.7. The summed E-state index contributed by atoms with van der Waals surface area (Å²) in [5.74, 6) is 1.03. The molecule has 1 aromatic heterocycles. The van der Waals surface area contributed by atoms with E-state index in [1.54, 1.807) is 6.07 Å². The van der Waals surface area contributed by atoms with Gasteiger partial charge in [-0.3, -0.25) is 9.79 Å². The molecule has 0 saturated carbocycles. The number of benzene rings is 3. The summed E-state index contributed by atoms with van der Waals surface area (Å²) in [4.78, 5) is 14.6. The van der Waals surface area contributed by atoms with Crippen molar-refractivity contribution in [3.8, 4) is 22.6 Å². The van der Waals surface area contributed by atoms with Crippen LogP contribution in [0.15, 0.2) is 53.5 Å². The molecule has 0 amide bonds. The zero-order valence-corrected chi connectivity index (χ0v) is 19.9. The first kappa shape index (κ1) is 22.5. The number of aliphatic carboxylic acids is 1. The van der Waals surface area contributed by atoms with Crippen molar-refractivity contribution in [1.82, 2.24) is 4.37 Å². The maximum atomic E-state index is 10.7. The number of hydrogen-bond donors (Lipinski definition) is 2. The Morgan fingerprint density at radius 1 is 1.15 bits per heavy atom. The largest absolute Gasteiger partial charge is 0.486 e. The second kappa shape index (κ2) is 9.50. The molecule has 2 N–H and O–H groups in total. The van der Waals surface area contributed by atoms with Gasteiger partial charge in [0.05, 0.1) is 20.4 Å². The van der Waals surface area contributed by atoms with Crippen molar-refractivity contribution in [3.05, 3.63) is 64.1 Å². The quantitative estimate of drug-likeness (QED) is 0.294. The van der Waals surface area contributed by atoms with Gasteiger partial charge in [-0.05, 0) is 47.4 Å². The Morgan fingerprint density at radius 3 is 2.79 bits per heavy atom. The highest BCUT2D eigenvalue weighted by Crippen LogP contribution is 2.41. The van der Waals surface area contributed by atoms with E-state index in [9.17, 15) is 4.79 Å². The van der Waals surface area contributed by atoms with E-state index >= 15 is 0 Å². The normalized spacial score (nSPS) is 12.9. The van der Waals surface area contributed by atoms with Gasteiger partial charge in [0.15, 0.2) is 17.3 Å². The Labute approximate surface area is 208 Å². The number of carboxylic acids is 1. The molecule has 10 heteroatoms. The molecule has 0 radical (unpaired) electrons. The molecule has 0 spiro atoms. The van der Waals surface area contributed by atoms with Crippen LogP contribution in [0.2, 0.25) is 10.0 Å². The number of aliphatic imine (C=N–C) groups is 1. The van der Waals surface area contributed by atoms with Crippen LogP contribution in [-0.2, 0) is 4.79 Å². The van der Waals surface area contributed by atoms with Gasteiger partial charge < -0.3 is 19.9 Å². The number of ether oxygens (including phenoxy) is 2. The number of rotatable bonds is 6. The molecular formula is C24H17Cl2N3O4S. The fourth-order valence-electron chi connectivity index (χ4n) is 3.57. The van der Waals surface area contributed by atoms with Crippen molar-refractivity contribution < 1.29 is 19.4 Å². The van der Waals surface area contributed by atoms with Crippen molar-refractivity contribution in [1.29, 1.82) is 0 Å². The molecule has 0 atom stereocenters. The minimum Gasteiger partial charge on any atom is -0.486 e. The first-order valence-corrected chi connectivity index (χ1v) is 11.8. The van der Waals surface area contributed by atoms with Crippen LogP contribution in [0.5, 0.6) is 11.5 Å². The van der Waals surface area contributed by atoms with E-state index in [0.717, 1.165) is 27.0 Å². The van der Waals surface area contributed by atoms with Crippen molar-refractivity contribution in [2.45, 2.75) is 0 Å². The summed E-state index contributed by atoms with van der Waals surface area (Å²) in [6.45, 7) is 0.731. The maximum Gasteiger partial charge on any atom is 0.325 e. The molecule has 7 nitrogen and oxygen atoms in total. The SMILES string of the molecule is O=C(O)CN=Cc1cc2snc(Nc3cccc(-c4ccc5c(c4)OCCO5)c3Cl)c2cc1Cl. The van der Waals surface area contributed by atoms with Crippen molar-refractivity contribution >= 4 is 68.5 Å². The van der Waals surface area contributed by atoms with Crippen LogP contribution in [0.3, 0.4) is 0 Å². The van der Waals surface area contributed by atoms with Gasteiger partial charge in [-0.15, -0.1) is 0 Å². The van der Waals surface area contributed by atoms with Crippen LogP contribution >= 0.6 is 34.7 Å². The summed E-state index contributed by atoms with van der Waals surface area (Å²) in [6.07, 6.45) is 1.45. The van der Waals surface area contributed by atoms with E-state index < -0.39 is 5.97 Å². The van der Waals surface area contributed by atoms with Gasteiger partial charge in [0, 0.05) is 22.7 Å². The van der Waals surface area contributed by atoms with E-state index in [1.807, 2.05) is 42.5 Å². The standard InChI is InChI=1S/C24H17Cl2N3O4S/c25-17-10-16-21(9-14(17)11-27-12-22(30)31)34-29-24(16)28-18-3-1-2-15(23(18)26)13-4-5-19-20(8-13)33-7-6-32-19/h1-5,8-11H,6-7,12H2,(H,28,29)(H,30,31). The number of nitrogens with zero attached hydrogens (tertiary/aromatic N) is 2. The molecule has 5 rings (SSSR count). The predicted molar refractivity (Wildman–Crippen MR) is 136 cm³/mol. The van der Waals surface area contributed by atoms with Crippen LogP contribution in [-0.4, -0.2) is 41.4 Å². The molecule has 172 valence electrons. The molecule has 1 aliphatic heterocycles. The van der Waals surface area contributed by atoms with Crippen LogP contribution in [0.25, 0.3) is 21.2 Å². The second-order valence-electron chi connectivity index (χ2n) is 7.42. The summed E-state index contributed by atoms with van der Waals surface area (Å²) in [5.41, 5.74) is 3.08. The number of hydrogen-bond acceptors (Lipinski definition) is 7. The van der Waals surface area contributed by atoms with E-state index in [0.29, 0.717) is 46.1 Å². The minimum atomic E-state index is -1.01. The van der Waals surface area contributed by atoms with E-state index in [2.05, 4.69) is 14.7 Å². The number of anilines is 2. The summed E-state index contributed by atoms with van der Waals surface area (Å²) in [5, 5.41) is 13.9. The van der Waals surface area contributed by atoms with Crippen LogP contribution in [0, 0.1) is 0 Å². The van der Waals surface area contributed by atoms with Crippen LogP contribution < -0.4 is 14.8 Å². The topological polar surface area (TPSA) is 93.0 Å². The maximum absolute atomic E-state index is 10.7. The zero-order valence-electron chi connectivity index (χ0n) is 17.5. The highest BCUT2D eigenvalue weighted by Gasteiger charge is 2.16. The fourth-order valence-corrected chi connectivity index (χ4v) is 4.84. The van der Waals surface area contributed by atoms with E-state index in [4.69, 9.17) is 37.8 Å². The lowest BCUT2D eigenvalue weighted by molar-refractivity contribution is -0.135. The zero-order chi connectivity index (χ0) is 23.7. The number of halogens is 2. The third kappa shape index (κ3) is 4.52. The molecule has 34 heavy (non-hydrogen) atoms. The highest BCUT2D eigenvalue weighted by atomic mass is 35.5. The Balaban J connectivity index is 1.45. The third-order valence-corrected chi connectivity index (χ3v) is 6.69. The Bertz CT molecular complexity index is 1440. The van der Waals surface area contributed by atoms with Gasteiger partial charge in [0.2, 0.25) is 0 Å². The van der Waals surface area contributed by atoms with Crippen molar-refractivity contribution in [2.75, 3.05) is 25.1 Å². The van der Waals surface area contributed by atoms with Gasteiger partial charge in [-0.1, -0.05) is 41.4 Å². The van der Waals surface area contributed by atoms with Gasteiger partial charge in [0.25, 0.3) is 0 Å². The third-order valence-electron chi connectivity index (χ3n) is 5.15. The summed E-state index contributed by atoms with van der Waals surface area (Å²) >= 11 is 14.5. The molecular weight excluding hydrogens is 497 g/mol. The Hall–Kier alpha value is -3.33. The average molecular weight is 514 g/mol. The molecule has 4 aromatic rings. The highest BCUT2D eigenvalue weighted by molar-refractivity contribution is 7.13. The average Bonchev–Trinajstić information content (AvgIpc) is 3.21. The van der Waals surface area contributed by atoms with Gasteiger partial charge in [-0.2, -0.15) is 4.37 Å². The lowest BCUT2D eigenvalue weighted by Gasteiger charge is -2.19. The smallest absolute Gasteiger partial charge is 0.325 e. The minimum absolute atomic E-state index is 0.317. The molecule has 0 fully saturated rings. The molecule has 0 aliphatic carbocycles. The summed E-state index contributed by atoms with van der Waals surface area (Å²) in [6, 6.07) is 15.1. The number of nitrogens with one attached hydrogen (secondary N) is 1. The van der Waals surface area contributed by atoms with Crippen molar-refractivity contribution in [2.24, 2.45) is 4.99 Å². The Morgan fingerprint density at radius 2 is 1.97 bits per heavy atom. The molecule has 1 aliphatic rings.